The van der Waals surface area contributed by atoms with Gasteiger partial charge in [-0.2, -0.15) is 5.10 Å². The van der Waals surface area contributed by atoms with Gasteiger partial charge in [-0.3, -0.25) is 0 Å². The molecular weight excluding hydrogens is 230 g/mol. The highest BCUT2D eigenvalue weighted by Gasteiger charge is 2.23. The highest BCUT2D eigenvalue weighted by molar-refractivity contribution is 4.89. The second kappa shape index (κ2) is 6.29. The number of aliphatic hydroxyl groups excluding tert-OH is 1. The van der Waals surface area contributed by atoms with Crippen molar-refractivity contribution in [1.82, 2.24) is 14.8 Å². The maximum Gasteiger partial charge on any atom is 0.138 e. The molecule has 0 aliphatic rings. The van der Waals surface area contributed by atoms with Gasteiger partial charge in [0.15, 0.2) is 0 Å². The van der Waals surface area contributed by atoms with E-state index >= 15 is 0 Å². The topological polar surface area (TPSA) is 60.2 Å². The molecule has 0 amide bonds. The lowest BCUT2D eigenvalue weighted by Crippen LogP contribution is -2.30. The molecule has 0 radical (unpaired) electrons. The van der Waals surface area contributed by atoms with Gasteiger partial charge in [-0.15, -0.1) is 0 Å². The lowest BCUT2D eigenvalue weighted by molar-refractivity contribution is -0.0196. The predicted molar refractivity (Wildman–Crippen MR) is 70.3 cm³/mol. The van der Waals surface area contributed by atoms with Crippen LogP contribution in [0.4, 0.5) is 0 Å². The van der Waals surface area contributed by atoms with Crippen LogP contribution in [-0.2, 0) is 17.7 Å². The Morgan fingerprint density at radius 3 is 2.67 bits per heavy atom. The Labute approximate surface area is 109 Å². The van der Waals surface area contributed by atoms with Gasteiger partial charge < -0.3 is 9.84 Å². The zero-order valence-corrected chi connectivity index (χ0v) is 12.1. The van der Waals surface area contributed by atoms with Crippen LogP contribution in [0.5, 0.6) is 0 Å². The molecule has 1 unspecified atom stereocenters. The molecule has 5 heteroatoms. The van der Waals surface area contributed by atoms with Gasteiger partial charge in [0.2, 0.25) is 0 Å². The van der Waals surface area contributed by atoms with Crippen molar-refractivity contribution in [1.29, 1.82) is 0 Å². The summed E-state index contributed by atoms with van der Waals surface area (Å²) >= 11 is 0. The number of aromatic nitrogens is 3. The molecule has 1 heterocycles. The van der Waals surface area contributed by atoms with E-state index in [4.69, 9.17) is 4.74 Å². The summed E-state index contributed by atoms with van der Waals surface area (Å²) in [5.41, 5.74) is -0.317. The van der Waals surface area contributed by atoms with E-state index in [1.54, 1.807) is 13.4 Å². The Morgan fingerprint density at radius 1 is 1.44 bits per heavy atom. The minimum Gasteiger partial charge on any atom is -0.393 e. The number of aliphatic hydroxyl groups is 1. The average molecular weight is 255 g/mol. The van der Waals surface area contributed by atoms with Gasteiger partial charge in [0.1, 0.15) is 12.2 Å². The molecule has 1 aromatic heterocycles. The number of rotatable bonds is 7. The van der Waals surface area contributed by atoms with Crippen LogP contribution >= 0.6 is 0 Å². The Hall–Kier alpha value is -0.940. The van der Waals surface area contributed by atoms with Crippen molar-refractivity contribution >= 4 is 0 Å². The van der Waals surface area contributed by atoms with Gasteiger partial charge in [-0.1, -0.05) is 13.8 Å². The molecule has 0 fully saturated rings. The molecule has 1 rings (SSSR count). The molecule has 0 aliphatic carbocycles. The molecule has 1 aromatic rings. The van der Waals surface area contributed by atoms with E-state index in [9.17, 15) is 5.11 Å². The zero-order valence-electron chi connectivity index (χ0n) is 12.1. The molecule has 5 nitrogen and oxygen atoms in total. The average Bonchev–Trinajstić information content (AvgIpc) is 2.64. The lowest BCUT2D eigenvalue weighted by Gasteiger charge is -2.25. The molecule has 0 saturated carbocycles. The normalized spacial score (nSPS) is 14.2. The molecule has 0 saturated heterocycles. The molecule has 104 valence electrons. The zero-order chi connectivity index (χ0) is 13.8. The maximum atomic E-state index is 10.1. The van der Waals surface area contributed by atoms with E-state index in [2.05, 4.69) is 23.9 Å². The van der Waals surface area contributed by atoms with Crippen molar-refractivity contribution < 1.29 is 9.84 Å². The third kappa shape index (κ3) is 4.74. The SMILES string of the molecule is COC(C)(C)CC(O)Cc1ncnn1CC(C)C. The first-order valence-electron chi connectivity index (χ1n) is 6.44. The summed E-state index contributed by atoms with van der Waals surface area (Å²) < 4.78 is 7.19. The van der Waals surface area contributed by atoms with Crippen LogP contribution in [0.1, 0.15) is 39.9 Å². The fraction of sp³-hybridized carbons (Fsp3) is 0.846. The van der Waals surface area contributed by atoms with E-state index in [1.807, 2.05) is 18.5 Å². The molecular formula is C13H25N3O2. The van der Waals surface area contributed by atoms with E-state index < -0.39 is 6.10 Å². The summed E-state index contributed by atoms with van der Waals surface area (Å²) in [6.07, 6.45) is 2.18. The van der Waals surface area contributed by atoms with Crippen molar-refractivity contribution in [3.8, 4) is 0 Å². The van der Waals surface area contributed by atoms with Crippen molar-refractivity contribution in [2.75, 3.05) is 7.11 Å². The van der Waals surface area contributed by atoms with E-state index in [1.165, 1.54) is 0 Å². The molecule has 1 atom stereocenters. The largest absolute Gasteiger partial charge is 0.393 e. The molecule has 0 aromatic carbocycles. The van der Waals surface area contributed by atoms with Crippen molar-refractivity contribution in [3.05, 3.63) is 12.2 Å². The van der Waals surface area contributed by atoms with Gasteiger partial charge in [-0.25, -0.2) is 9.67 Å². The number of nitrogens with zero attached hydrogens (tertiary/aromatic N) is 3. The van der Waals surface area contributed by atoms with Crippen LogP contribution in [0.2, 0.25) is 0 Å². The molecule has 0 aliphatic heterocycles. The fourth-order valence-electron chi connectivity index (χ4n) is 1.88. The van der Waals surface area contributed by atoms with Crippen LogP contribution in [0.3, 0.4) is 0 Å². The van der Waals surface area contributed by atoms with Crippen LogP contribution < -0.4 is 0 Å². The highest BCUT2D eigenvalue weighted by Crippen LogP contribution is 2.17. The third-order valence-corrected chi connectivity index (χ3v) is 2.93. The second-order valence-corrected chi connectivity index (χ2v) is 5.78. The van der Waals surface area contributed by atoms with E-state index in [0.717, 1.165) is 12.4 Å². The lowest BCUT2D eigenvalue weighted by atomic mass is 9.98. The summed E-state index contributed by atoms with van der Waals surface area (Å²) in [6.45, 7) is 9.03. The number of hydrogen-bond acceptors (Lipinski definition) is 4. The standard InChI is InChI=1S/C13H25N3O2/c1-10(2)8-16-12(14-9-15-16)6-11(17)7-13(3,4)18-5/h9-11,17H,6-8H2,1-5H3. The third-order valence-electron chi connectivity index (χ3n) is 2.93. The first kappa shape index (κ1) is 15.1. The van der Waals surface area contributed by atoms with Gasteiger partial charge >= 0.3 is 0 Å². The van der Waals surface area contributed by atoms with Gasteiger partial charge in [0.05, 0.1) is 11.7 Å². The minimum absolute atomic E-state index is 0.317. The summed E-state index contributed by atoms with van der Waals surface area (Å²) in [7, 11) is 1.66. The smallest absolute Gasteiger partial charge is 0.138 e. The first-order valence-corrected chi connectivity index (χ1v) is 6.44. The van der Waals surface area contributed by atoms with Crippen LogP contribution in [0, 0.1) is 5.92 Å². The monoisotopic (exact) mass is 255 g/mol. The molecule has 1 N–H and O–H groups in total. The Bertz CT molecular complexity index is 361. The number of ether oxygens (including phenoxy) is 1. The molecule has 0 spiro atoms. The van der Waals surface area contributed by atoms with Crippen molar-refractivity contribution in [3.63, 3.8) is 0 Å². The maximum absolute atomic E-state index is 10.1. The van der Waals surface area contributed by atoms with Gasteiger partial charge in [-0.05, 0) is 19.8 Å². The Kier molecular flexibility index (Phi) is 5.28. The number of methoxy groups -OCH3 is 1. The highest BCUT2D eigenvalue weighted by atomic mass is 16.5. The van der Waals surface area contributed by atoms with Crippen LogP contribution in [-0.4, -0.2) is 38.7 Å². The quantitative estimate of drug-likeness (QED) is 0.805. The van der Waals surface area contributed by atoms with Gasteiger partial charge in [0, 0.05) is 26.5 Å². The molecule has 18 heavy (non-hydrogen) atoms. The first-order chi connectivity index (χ1) is 8.34. The molecule has 0 bridgehead atoms. The summed E-state index contributed by atoms with van der Waals surface area (Å²) in [4.78, 5) is 4.22. The summed E-state index contributed by atoms with van der Waals surface area (Å²) in [5, 5.41) is 14.3. The fourth-order valence-corrected chi connectivity index (χ4v) is 1.88. The van der Waals surface area contributed by atoms with Crippen molar-refractivity contribution in [2.24, 2.45) is 5.92 Å². The summed E-state index contributed by atoms with van der Waals surface area (Å²) in [5.74, 6) is 1.35. The van der Waals surface area contributed by atoms with Gasteiger partial charge in [0.25, 0.3) is 0 Å². The Morgan fingerprint density at radius 2 is 2.11 bits per heavy atom. The van der Waals surface area contributed by atoms with Crippen molar-refractivity contribution in [2.45, 2.75) is 58.8 Å². The predicted octanol–water partition coefficient (Wildman–Crippen LogP) is 1.65. The van der Waals surface area contributed by atoms with Crippen LogP contribution in [0.15, 0.2) is 6.33 Å². The van der Waals surface area contributed by atoms with E-state index in [0.29, 0.717) is 18.8 Å². The minimum atomic E-state index is -0.463. The Balaban J connectivity index is 2.59. The van der Waals surface area contributed by atoms with Crippen LogP contribution in [0.25, 0.3) is 0 Å². The van der Waals surface area contributed by atoms with E-state index in [-0.39, 0.29) is 5.60 Å². The number of hydrogen-bond donors (Lipinski definition) is 1. The summed E-state index contributed by atoms with van der Waals surface area (Å²) in [6, 6.07) is 0. The second-order valence-electron chi connectivity index (χ2n) is 5.78.